The van der Waals surface area contributed by atoms with Crippen molar-refractivity contribution in [3.8, 4) is 0 Å². The minimum absolute atomic E-state index is 0.101. The van der Waals surface area contributed by atoms with Crippen LogP contribution in [-0.4, -0.2) is 45.2 Å². The number of hydrogen-bond acceptors (Lipinski definition) is 6. The number of furan rings is 1. The minimum atomic E-state index is -0.598. The van der Waals surface area contributed by atoms with E-state index >= 15 is 0 Å². The number of nitrogens with one attached hydrogen (secondary N) is 2. The van der Waals surface area contributed by atoms with Gasteiger partial charge in [0, 0.05) is 37.3 Å². The Labute approximate surface area is 211 Å². The topological polar surface area (TPSA) is 117 Å². The fourth-order valence-corrected chi connectivity index (χ4v) is 5.19. The monoisotopic (exact) mass is 515 g/mol. The molecule has 5 rings (SSSR count). The number of pyridine rings is 2. The molecule has 1 saturated heterocycles. The molecule has 0 spiro atoms. The lowest BCUT2D eigenvalue weighted by atomic mass is 9.84. The van der Waals surface area contributed by atoms with Gasteiger partial charge in [-0.3, -0.25) is 14.4 Å². The van der Waals surface area contributed by atoms with Gasteiger partial charge in [0.25, 0.3) is 5.91 Å². The number of aromatic nitrogens is 2. The number of carbonyl (C=O) groups is 3. The van der Waals surface area contributed by atoms with Crippen molar-refractivity contribution in [2.24, 2.45) is 5.92 Å². The van der Waals surface area contributed by atoms with E-state index in [1.165, 1.54) is 12.4 Å². The Balaban J connectivity index is 1.35. The summed E-state index contributed by atoms with van der Waals surface area (Å²) in [6, 6.07) is 4.92. The maximum atomic E-state index is 13.2. The quantitative estimate of drug-likeness (QED) is 0.466. The summed E-state index contributed by atoms with van der Waals surface area (Å²) in [6.45, 7) is 0.799. The van der Waals surface area contributed by atoms with Gasteiger partial charge in [-0.25, -0.2) is 9.97 Å². The average Bonchev–Trinajstić information content (AvgIpc) is 3.45. The van der Waals surface area contributed by atoms with Crippen molar-refractivity contribution in [3.05, 3.63) is 46.5 Å². The number of nitrogens with zero attached hydrogens (tertiary/aromatic N) is 3. The summed E-state index contributed by atoms with van der Waals surface area (Å²) in [5.74, 6) is -0.697. The van der Waals surface area contributed by atoms with Gasteiger partial charge in [-0.1, -0.05) is 23.2 Å². The van der Waals surface area contributed by atoms with Gasteiger partial charge < -0.3 is 20.0 Å². The molecule has 2 N–H and O–H groups in total. The Morgan fingerprint density at radius 2 is 1.86 bits per heavy atom. The van der Waals surface area contributed by atoms with E-state index in [1.54, 1.807) is 18.2 Å². The summed E-state index contributed by atoms with van der Waals surface area (Å²) in [4.78, 5) is 48.4. The van der Waals surface area contributed by atoms with Crippen LogP contribution in [0.3, 0.4) is 0 Å². The molecule has 4 heterocycles. The van der Waals surface area contributed by atoms with E-state index in [0.29, 0.717) is 35.3 Å². The van der Waals surface area contributed by atoms with E-state index in [9.17, 15) is 14.4 Å². The molecule has 0 atom stereocenters. The lowest BCUT2D eigenvalue weighted by Crippen LogP contribution is -2.40. The third-order valence-corrected chi connectivity index (χ3v) is 7.11. The first-order valence-electron chi connectivity index (χ1n) is 11.5. The molecule has 182 valence electrons. The van der Waals surface area contributed by atoms with Gasteiger partial charge in [-0.05, 0) is 50.3 Å². The zero-order valence-electron chi connectivity index (χ0n) is 18.7. The van der Waals surface area contributed by atoms with E-state index in [1.807, 2.05) is 4.90 Å². The maximum absolute atomic E-state index is 13.2. The Morgan fingerprint density at radius 3 is 2.54 bits per heavy atom. The maximum Gasteiger partial charge on any atom is 0.294 e. The average molecular weight is 516 g/mol. The number of halogens is 2. The molecular weight excluding hydrogens is 493 g/mol. The van der Waals surface area contributed by atoms with Gasteiger partial charge in [0.15, 0.2) is 0 Å². The molecule has 0 bridgehead atoms. The van der Waals surface area contributed by atoms with Crippen molar-refractivity contribution < 1.29 is 18.8 Å². The summed E-state index contributed by atoms with van der Waals surface area (Å²) in [5, 5.41) is 6.42. The first-order valence-corrected chi connectivity index (χ1v) is 12.3. The van der Waals surface area contributed by atoms with Crippen molar-refractivity contribution in [1.29, 1.82) is 0 Å². The zero-order chi connectivity index (χ0) is 24.5. The van der Waals surface area contributed by atoms with Crippen LogP contribution >= 0.6 is 23.2 Å². The largest absolute Gasteiger partial charge is 0.448 e. The Bertz CT molecular complexity index is 1290. The Morgan fingerprint density at radius 1 is 1.06 bits per heavy atom. The number of anilines is 2. The van der Waals surface area contributed by atoms with Gasteiger partial charge in [0.05, 0.1) is 10.4 Å². The highest BCUT2D eigenvalue weighted by atomic mass is 35.5. The Kier molecular flexibility index (Phi) is 6.62. The molecule has 3 aromatic rings. The van der Waals surface area contributed by atoms with E-state index in [2.05, 4.69) is 20.6 Å². The number of fused-ring (bicyclic) bond motifs is 1. The molecule has 2 aliphatic rings. The predicted octanol–water partition coefficient (Wildman–Crippen LogP) is 4.90. The SMILES string of the molecule is O=C(Nc1ccc(Cl)cn1)c1oc2ccnc(Cl)c2c1NC(=O)C1CCC(N2CCCC2=O)CC1. The lowest BCUT2D eigenvalue weighted by Gasteiger charge is -2.34. The third-order valence-electron chi connectivity index (χ3n) is 6.60. The van der Waals surface area contributed by atoms with Gasteiger partial charge in [0.2, 0.25) is 17.6 Å². The first kappa shape index (κ1) is 23.6. The minimum Gasteiger partial charge on any atom is -0.448 e. The van der Waals surface area contributed by atoms with Crippen LogP contribution in [0.5, 0.6) is 0 Å². The molecular formula is C24H23Cl2N5O4. The highest BCUT2D eigenvalue weighted by Gasteiger charge is 2.34. The fourth-order valence-electron chi connectivity index (χ4n) is 4.84. The standard InChI is InChI=1S/C24H23Cl2N5O4/c25-14-5-8-17(28-12-14)29-24(34)21-20(19-16(35-21)9-10-27-22(19)26)30-23(33)13-3-6-15(7-4-13)31-11-1-2-18(31)32/h5,8-10,12-13,15H,1-4,6-7,11H2,(H,30,33)(H,28,29,34). The number of amides is 3. The van der Waals surface area contributed by atoms with Crippen molar-refractivity contribution in [1.82, 2.24) is 14.9 Å². The van der Waals surface area contributed by atoms with Gasteiger partial charge in [-0.15, -0.1) is 0 Å². The molecule has 1 aliphatic carbocycles. The van der Waals surface area contributed by atoms with Gasteiger partial charge in [-0.2, -0.15) is 0 Å². The molecule has 3 aromatic heterocycles. The number of likely N-dealkylation sites (tertiary alicyclic amines) is 1. The van der Waals surface area contributed by atoms with Gasteiger partial charge in [0.1, 0.15) is 22.2 Å². The molecule has 9 nitrogen and oxygen atoms in total. The highest BCUT2D eigenvalue weighted by Crippen LogP contribution is 2.37. The Hall–Kier alpha value is -3.17. The molecule has 3 amide bonds. The normalized spacial score (nSPS) is 20.3. The molecule has 35 heavy (non-hydrogen) atoms. The van der Waals surface area contributed by atoms with E-state index < -0.39 is 5.91 Å². The molecule has 0 unspecified atom stereocenters. The molecule has 1 aliphatic heterocycles. The number of hydrogen-bond donors (Lipinski definition) is 2. The molecule has 11 heteroatoms. The van der Waals surface area contributed by atoms with Crippen LogP contribution < -0.4 is 10.6 Å². The molecule has 1 saturated carbocycles. The second kappa shape index (κ2) is 9.83. The number of carbonyl (C=O) groups excluding carboxylic acids is 3. The van der Waals surface area contributed by atoms with Crippen LogP contribution in [0.2, 0.25) is 10.2 Å². The summed E-state index contributed by atoms with van der Waals surface area (Å²) < 4.78 is 5.77. The summed E-state index contributed by atoms with van der Waals surface area (Å²) in [5.41, 5.74) is 0.497. The van der Waals surface area contributed by atoms with Crippen LogP contribution in [0.25, 0.3) is 11.0 Å². The molecule has 0 aromatic carbocycles. The summed E-state index contributed by atoms with van der Waals surface area (Å²) in [7, 11) is 0. The summed E-state index contributed by atoms with van der Waals surface area (Å²) >= 11 is 12.2. The summed E-state index contributed by atoms with van der Waals surface area (Å²) in [6.07, 6.45) is 7.23. The zero-order valence-corrected chi connectivity index (χ0v) is 20.2. The van der Waals surface area contributed by atoms with Crippen LogP contribution in [0.1, 0.15) is 49.1 Å². The molecule has 2 fully saturated rings. The van der Waals surface area contributed by atoms with Gasteiger partial charge >= 0.3 is 0 Å². The van der Waals surface area contributed by atoms with Crippen molar-refractivity contribution >= 4 is 63.4 Å². The fraction of sp³-hybridized carbons (Fsp3) is 0.375. The first-order chi connectivity index (χ1) is 16.9. The van der Waals surface area contributed by atoms with Crippen molar-refractivity contribution in [2.75, 3.05) is 17.2 Å². The smallest absolute Gasteiger partial charge is 0.294 e. The lowest BCUT2D eigenvalue weighted by molar-refractivity contribution is -0.130. The third kappa shape index (κ3) is 4.83. The predicted molar refractivity (Wildman–Crippen MR) is 132 cm³/mol. The van der Waals surface area contributed by atoms with Crippen LogP contribution in [-0.2, 0) is 9.59 Å². The van der Waals surface area contributed by atoms with E-state index in [-0.39, 0.29) is 46.2 Å². The van der Waals surface area contributed by atoms with E-state index in [0.717, 1.165) is 25.8 Å². The van der Waals surface area contributed by atoms with Crippen molar-refractivity contribution in [3.63, 3.8) is 0 Å². The van der Waals surface area contributed by atoms with Crippen LogP contribution in [0, 0.1) is 5.92 Å². The van der Waals surface area contributed by atoms with Crippen LogP contribution in [0.15, 0.2) is 35.0 Å². The van der Waals surface area contributed by atoms with E-state index in [4.69, 9.17) is 27.6 Å². The second-order valence-electron chi connectivity index (χ2n) is 8.78. The van der Waals surface area contributed by atoms with Crippen molar-refractivity contribution in [2.45, 2.75) is 44.6 Å². The second-order valence-corrected chi connectivity index (χ2v) is 9.58. The highest BCUT2D eigenvalue weighted by molar-refractivity contribution is 6.36. The molecule has 0 radical (unpaired) electrons. The van der Waals surface area contributed by atoms with Crippen LogP contribution in [0.4, 0.5) is 11.5 Å². The number of rotatable bonds is 5.